The van der Waals surface area contributed by atoms with Gasteiger partial charge in [0.15, 0.2) is 12.2 Å². The molecular weight excluding hydrogens is 386 g/mol. The van der Waals surface area contributed by atoms with E-state index in [0.29, 0.717) is 11.9 Å². The highest BCUT2D eigenvalue weighted by atomic mass is 16.2. The van der Waals surface area contributed by atoms with Crippen LogP contribution in [0.4, 0.5) is 16.4 Å². The lowest BCUT2D eigenvalue weighted by Gasteiger charge is -2.40. The second-order valence-corrected chi connectivity index (χ2v) is 8.09. The van der Waals surface area contributed by atoms with Crippen molar-refractivity contribution < 1.29 is 14.4 Å². The summed E-state index contributed by atoms with van der Waals surface area (Å²) in [4.78, 5) is 53.0. The molecule has 1 aromatic heterocycles. The number of pyridine rings is 1. The van der Waals surface area contributed by atoms with Crippen LogP contribution in [-0.4, -0.2) is 88.8 Å². The monoisotopic (exact) mass is 413 g/mol. The first-order chi connectivity index (χ1) is 14.3. The van der Waals surface area contributed by atoms with Gasteiger partial charge in [0.1, 0.15) is 17.7 Å². The molecule has 4 heterocycles. The van der Waals surface area contributed by atoms with E-state index in [1.807, 2.05) is 12.1 Å². The van der Waals surface area contributed by atoms with Crippen molar-refractivity contribution in [2.75, 3.05) is 30.9 Å². The Labute approximate surface area is 175 Å². The number of urea groups is 1. The van der Waals surface area contributed by atoms with Crippen molar-refractivity contribution in [3.05, 3.63) is 18.2 Å². The Morgan fingerprint density at radius 3 is 2.73 bits per heavy atom. The summed E-state index contributed by atoms with van der Waals surface area (Å²) in [7, 11) is 3.04. The predicted octanol–water partition coefficient (Wildman–Crippen LogP) is 0.960. The number of aliphatic imine (C=N–C) groups is 1. The van der Waals surface area contributed by atoms with Gasteiger partial charge < -0.3 is 20.0 Å². The quantitative estimate of drug-likeness (QED) is 0.789. The number of likely N-dealkylation sites (N-methyl/N-ethyl adjacent to an activating group) is 2. The fraction of sp³-hybridized carbons (Fsp3) is 0.550. The molecule has 0 saturated carbocycles. The minimum absolute atomic E-state index is 0.295. The number of rotatable bonds is 4. The van der Waals surface area contributed by atoms with E-state index < -0.39 is 24.3 Å². The largest absolute Gasteiger partial charge is 0.354 e. The van der Waals surface area contributed by atoms with Gasteiger partial charge in [-0.1, -0.05) is 6.07 Å². The fourth-order valence-electron chi connectivity index (χ4n) is 4.30. The molecule has 10 nitrogen and oxygen atoms in total. The van der Waals surface area contributed by atoms with Crippen LogP contribution in [-0.2, 0) is 9.59 Å². The van der Waals surface area contributed by atoms with E-state index in [0.717, 1.165) is 30.1 Å². The molecule has 0 spiro atoms. The van der Waals surface area contributed by atoms with Crippen LogP contribution >= 0.6 is 0 Å². The summed E-state index contributed by atoms with van der Waals surface area (Å²) in [5.74, 6) is 0.646. The Morgan fingerprint density at radius 1 is 1.27 bits per heavy atom. The van der Waals surface area contributed by atoms with Gasteiger partial charge in [-0.05, 0) is 38.8 Å². The van der Waals surface area contributed by atoms with E-state index in [1.54, 1.807) is 24.9 Å². The molecule has 2 fully saturated rings. The molecule has 0 aliphatic carbocycles. The van der Waals surface area contributed by atoms with Crippen LogP contribution in [0.1, 0.15) is 26.7 Å². The molecule has 3 aliphatic heterocycles. The van der Waals surface area contributed by atoms with Gasteiger partial charge in [-0.15, -0.1) is 0 Å². The molecule has 1 aromatic rings. The third kappa shape index (κ3) is 3.25. The predicted molar refractivity (Wildman–Crippen MR) is 112 cm³/mol. The van der Waals surface area contributed by atoms with Gasteiger partial charge in [0, 0.05) is 26.7 Å². The Kier molecular flexibility index (Phi) is 5.08. The lowest BCUT2D eigenvalue weighted by atomic mass is 10.1. The summed E-state index contributed by atoms with van der Waals surface area (Å²) in [6.45, 7) is 4.84. The molecule has 4 unspecified atom stereocenters. The summed E-state index contributed by atoms with van der Waals surface area (Å²) in [5.41, 5.74) is 0. The molecule has 30 heavy (non-hydrogen) atoms. The zero-order valence-electron chi connectivity index (χ0n) is 17.6. The number of imide groups is 1. The van der Waals surface area contributed by atoms with Crippen LogP contribution in [0.25, 0.3) is 0 Å². The summed E-state index contributed by atoms with van der Waals surface area (Å²) < 4.78 is 0. The van der Waals surface area contributed by atoms with Crippen molar-refractivity contribution in [2.45, 2.75) is 51.0 Å². The minimum Gasteiger partial charge on any atom is -0.354 e. The Bertz CT molecular complexity index is 904. The normalized spacial score (nSPS) is 27.0. The first-order valence-corrected chi connectivity index (χ1v) is 10.2. The number of carbonyl (C=O) groups excluding carboxylic acids is 3. The van der Waals surface area contributed by atoms with E-state index in [-0.39, 0.29) is 11.8 Å². The molecule has 4 rings (SSSR count). The summed E-state index contributed by atoms with van der Waals surface area (Å²) >= 11 is 0. The van der Waals surface area contributed by atoms with Gasteiger partial charge in [-0.25, -0.2) is 14.8 Å². The van der Waals surface area contributed by atoms with Crippen molar-refractivity contribution >= 4 is 35.8 Å². The second-order valence-electron chi connectivity index (χ2n) is 8.09. The lowest BCUT2D eigenvalue weighted by Crippen LogP contribution is -2.65. The molecule has 0 aromatic carbocycles. The molecular formula is C20H27N7O3. The van der Waals surface area contributed by atoms with Crippen molar-refractivity contribution in [1.82, 2.24) is 19.7 Å². The molecule has 0 bridgehead atoms. The summed E-state index contributed by atoms with van der Waals surface area (Å²) in [5, 5.41) is 2.85. The van der Waals surface area contributed by atoms with Crippen molar-refractivity contribution in [1.29, 1.82) is 0 Å². The van der Waals surface area contributed by atoms with Gasteiger partial charge in [-0.3, -0.25) is 14.5 Å². The highest BCUT2D eigenvalue weighted by Gasteiger charge is 2.50. The van der Waals surface area contributed by atoms with E-state index >= 15 is 0 Å². The van der Waals surface area contributed by atoms with Crippen molar-refractivity contribution in [2.24, 2.45) is 4.99 Å². The maximum absolute atomic E-state index is 12.9. The third-order valence-electron chi connectivity index (χ3n) is 6.18. The Hall–Kier alpha value is -3.17. The average molecular weight is 413 g/mol. The number of amides is 4. The minimum atomic E-state index is -0.719. The maximum atomic E-state index is 12.9. The van der Waals surface area contributed by atoms with E-state index in [2.05, 4.69) is 27.1 Å². The zero-order chi connectivity index (χ0) is 21.6. The summed E-state index contributed by atoms with van der Waals surface area (Å²) in [6, 6.07) is 4.20. The van der Waals surface area contributed by atoms with Gasteiger partial charge in [0.25, 0.3) is 5.91 Å². The van der Waals surface area contributed by atoms with Crippen molar-refractivity contribution in [3.63, 3.8) is 0 Å². The molecule has 160 valence electrons. The number of hydrogen-bond donors (Lipinski definition) is 1. The molecule has 0 radical (unpaired) electrons. The zero-order valence-corrected chi connectivity index (χ0v) is 17.6. The highest BCUT2D eigenvalue weighted by Crippen LogP contribution is 2.27. The number of nitrogens with zero attached hydrogens (tertiary/aromatic N) is 6. The standard InChI is InChI=1S/C20H27N7O3/c1-12-7-6-10-26(12)15-9-5-8-14(22-15)23-18(28)13(2)27-11-21-17-16(27)19(29)25(4)20(30)24(17)3/h5,8-9,11-13,16-17H,6-7,10H2,1-4H3,(H,22,23,28). The van der Waals surface area contributed by atoms with Crippen LogP contribution in [0, 0.1) is 0 Å². The average Bonchev–Trinajstić information content (AvgIpc) is 3.36. The number of anilines is 2. The highest BCUT2D eigenvalue weighted by molar-refractivity contribution is 6.03. The fourth-order valence-corrected chi connectivity index (χ4v) is 4.30. The Morgan fingerprint density at radius 2 is 2.03 bits per heavy atom. The number of aromatic nitrogens is 1. The molecule has 4 amide bonds. The third-order valence-corrected chi connectivity index (χ3v) is 6.18. The first-order valence-electron chi connectivity index (χ1n) is 10.2. The number of carbonyl (C=O) groups is 3. The molecule has 2 saturated heterocycles. The topological polar surface area (TPSA) is 101 Å². The summed E-state index contributed by atoms with van der Waals surface area (Å²) in [6.07, 6.45) is 3.11. The molecule has 10 heteroatoms. The van der Waals surface area contributed by atoms with Crippen LogP contribution in [0.2, 0.25) is 0 Å². The number of fused-ring (bicyclic) bond motifs is 1. The Balaban J connectivity index is 1.48. The smallest absolute Gasteiger partial charge is 0.328 e. The molecule has 4 atom stereocenters. The van der Waals surface area contributed by atoms with Gasteiger partial charge in [0.2, 0.25) is 5.91 Å². The SMILES string of the molecule is CC1CCCN1c1cccc(NC(=O)C(C)N2C=NC3C2C(=O)N(C)C(=O)N3C)n1. The van der Waals surface area contributed by atoms with E-state index in [9.17, 15) is 14.4 Å². The molecule has 1 N–H and O–H groups in total. The van der Waals surface area contributed by atoms with Gasteiger partial charge in [0.05, 0.1) is 6.34 Å². The van der Waals surface area contributed by atoms with Crippen LogP contribution < -0.4 is 10.2 Å². The van der Waals surface area contributed by atoms with Crippen molar-refractivity contribution in [3.8, 4) is 0 Å². The lowest BCUT2D eigenvalue weighted by molar-refractivity contribution is -0.137. The second kappa shape index (κ2) is 7.58. The maximum Gasteiger partial charge on any atom is 0.328 e. The van der Waals surface area contributed by atoms with Crippen LogP contribution in [0.15, 0.2) is 23.2 Å². The van der Waals surface area contributed by atoms with Gasteiger partial charge in [-0.2, -0.15) is 0 Å². The van der Waals surface area contributed by atoms with Crippen LogP contribution in [0.3, 0.4) is 0 Å². The first kappa shape index (κ1) is 20.1. The van der Waals surface area contributed by atoms with E-state index in [4.69, 9.17) is 0 Å². The number of hydrogen-bond acceptors (Lipinski definition) is 7. The van der Waals surface area contributed by atoms with Crippen LogP contribution in [0.5, 0.6) is 0 Å². The number of nitrogens with one attached hydrogen (secondary N) is 1. The van der Waals surface area contributed by atoms with Gasteiger partial charge >= 0.3 is 6.03 Å². The van der Waals surface area contributed by atoms with E-state index in [1.165, 1.54) is 18.3 Å². The molecule has 3 aliphatic rings.